The molecule has 8 rings (SSSR count). The fraction of sp³-hybridized carbons (Fsp3) is 0.345. The minimum absolute atomic E-state index is 0.115. The number of carbonyl (C=O) groups is 2. The van der Waals surface area contributed by atoms with E-state index in [2.05, 4.69) is 15.6 Å². The van der Waals surface area contributed by atoms with Crippen LogP contribution in [0.5, 0.6) is 0 Å². The molecule has 182 valence electrons. The van der Waals surface area contributed by atoms with Crippen LogP contribution in [0, 0.1) is 23.2 Å². The van der Waals surface area contributed by atoms with Gasteiger partial charge in [0, 0.05) is 16.9 Å². The van der Waals surface area contributed by atoms with Crippen LogP contribution in [0.1, 0.15) is 48.2 Å². The molecule has 4 aliphatic carbocycles. The van der Waals surface area contributed by atoms with E-state index >= 15 is 0 Å². The molecule has 4 bridgehead atoms. The fourth-order valence-corrected chi connectivity index (χ4v) is 7.81. The molecule has 4 saturated carbocycles. The van der Waals surface area contributed by atoms with Gasteiger partial charge in [-0.15, -0.1) is 11.3 Å². The number of nitrogens with zero attached hydrogens (tertiary/aromatic N) is 1. The molecule has 0 spiro atoms. The average molecular weight is 497 g/mol. The van der Waals surface area contributed by atoms with Crippen LogP contribution in [-0.2, 0) is 4.79 Å². The van der Waals surface area contributed by atoms with Crippen LogP contribution in [0.15, 0.2) is 60.0 Å². The highest BCUT2D eigenvalue weighted by Gasteiger charge is 2.54. The van der Waals surface area contributed by atoms with Gasteiger partial charge in [-0.3, -0.25) is 9.59 Å². The van der Waals surface area contributed by atoms with Crippen LogP contribution < -0.4 is 10.6 Å². The molecule has 0 aliphatic heterocycles. The zero-order chi connectivity index (χ0) is 24.3. The molecule has 2 heterocycles. The summed E-state index contributed by atoms with van der Waals surface area (Å²) in [6.45, 7) is 0. The highest BCUT2D eigenvalue weighted by atomic mass is 32.1. The maximum atomic E-state index is 13.4. The van der Waals surface area contributed by atoms with Gasteiger partial charge in [-0.25, -0.2) is 4.98 Å². The predicted molar refractivity (Wildman–Crippen MR) is 143 cm³/mol. The fourth-order valence-electron chi connectivity index (χ4n) is 7.19. The van der Waals surface area contributed by atoms with E-state index in [1.807, 2.05) is 60.0 Å². The average Bonchev–Trinajstić information content (AvgIpc) is 3.54. The van der Waals surface area contributed by atoms with E-state index in [4.69, 9.17) is 4.98 Å². The van der Waals surface area contributed by atoms with Crippen LogP contribution in [0.25, 0.3) is 22.4 Å². The van der Waals surface area contributed by atoms with Crippen molar-refractivity contribution in [2.24, 2.45) is 23.2 Å². The molecular weight excluding hydrogens is 468 g/mol. The number of rotatable bonds is 5. The highest BCUT2D eigenvalue weighted by Crippen LogP contribution is 2.60. The Morgan fingerprint density at radius 1 is 0.889 bits per heavy atom. The van der Waals surface area contributed by atoms with E-state index < -0.39 is 0 Å². The van der Waals surface area contributed by atoms with Gasteiger partial charge in [-0.05, 0) is 110 Å². The van der Waals surface area contributed by atoms with Crippen LogP contribution in [0.4, 0.5) is 11.4 Å². The van der Waals surface area contributed by atoms with E-state index in [0.29, 0.717) is 4.88 Å². The van der Waals surface area contributed by atoms with Crippen molar-refractivity contribution < 1.29 is 9.59 Å². The van der Waals surface area contributed by atoms with Crippen molar-refractivity contribution in [3.05, 3.63) is 64.9 Å². The van der Waals surface area contributed by atoms with Crippen molar-refractivity contribution in [2.45, 2.75) is 38.5 Å². The van der Waals surface area contributed by atoms with Crippen molar-refractivity contribution in [1.82, 2.24) is 9.97 Å². The Morgan fingerprint density at radius 3 is 2.25 bits per heavy atom. The number of aromatic nitrogens is 2. The Bertz CT molecular complexity index is 1420. The molecule has 4 fully saturated rings. The zero-order valence-electron chi connectivity index (χ0n) is 19.9. The summed E-state index contributed by atoms with van der Waals surface area (Å²) in [5.74, 6) is 3.11. The van der Waals surface area contributed by atoms with Gasteiger partial charge in [0.15, 0.2) is 0 Å². The SMILES string of the molecule is O=C(Nc1ccc2nc(-c3ccc(NC(=O)C45CC6CC(CC(C6)C4)C5)cc3)[nH]c2c1)c1cccs1. The van der Waals surface area contributed by atoms with Crippen LogP contribution in [-0.4, -0.2) is 21.8 Å². The van der Waals surface area contributed by atoms with E-state index in [1.54, 1.807) is 0 Å². The topological polar surface area (TPSA) is 86.9 Å². The second kappa shape index (κ2) is 8.30. The van der Waals surface area contributed by atoms with Crippen molar-refractivity contribution in [3.63, 3.8) is 0 Å². The Morgan fingerprint density at radius 2 is 1.58 bits per heavy atom. The molecule has 6 nitrogen and oxygen atoms in total. The lowest BCUT2D eigenvalue weighted by molar-refractivity contribution is -0.140. The molecule has 0 atom stereocenters. The van der Waals surface area contributed by atoms with E-state index in [9.17, 15) is 9.59 Å². The Kier molecular flexibility index (Phi) is 5.03. The number of hydrogen-bond donors (Lipinski definition) is 3. The third-order valence-corrected chi connectivity index (χ3v) is 9.29. The zero-order valence-corrected chi connectivity index (χ0v) is 20.7. The Hall–Kier alpha value is -3.45. The van der Waals surface area contributed by atoms with E-state index in [-0.39, 0.29) is 17.2 Å². The molecule has 4 aromatic rings. The summed E-state index contributed by atoms with van der Waals surface area (Å²) in [5.41, 5.74) is 4.05. The third kappa shape index (κ3) is 3.82. The first-order chi connectivity index (χ1) is 17.5. The molecular formula is C29H28N4O2S. The number of hydrogen-bond acceptors (Lipinski definition) is 4. The lowest BCUT2D eigenvalue weighted by atomic mass is 9.49. The monoisotopic (exact) mass is 496 g/mol. The van der Waals surface area contributed by atoms with Crippen molar-refractivity contribution in [3.8, 4) is 11.4 Å². The minimum Gasteiger partial charge on any atom is -0.338 e. The van der Waals surface area contributed by atoms with Crippen molar-refractivity contribution in [1.29, 1.82) is 0 Å². The van der Waals surface area contributed by atoms with Gasteiger partial charge in [0.25, 0.3) is 5.91 Å². The largest absolute Gasteiger partial charge is 0.338 e. The quantitative estimate of drug-likeness (QED) is 0.287. The summed E-state index contributed by atoms with van der Waals surface area (Å²) in [7, 11) is 0. The normalized spacial score (nSPS) is 26.3. The number of fused-ring (bicyclic) bond motifs is 1. The van der Waals surface area contributed by atoms with Gasteiger partial charge in [0.1, 0.15) is 5.82 Å². The number of aromatic amines is 1. The number of imidazole rings is 1. The number of nitrogens with one attached hydrogen (secondary N) is 3. The standard InChI is InChI=1S/C29H28N4O2S/c34-27(25-2-1-9-36-25)30-22-7-8-23-24(13-22)33-26(32-23)20-3-5-21(6-4-20)31-28(35)29-14-17-10-18(15-29)12-19(11-17)16-29/h1-9,13,17-19H,10-12,14-16H2,(H,30,34)(H,31,35)(H,32,33). The van der Waals surface area contributed by atoms with Crippen LogP contribution in [0.2, 0.25) is 0 Å². The maximum Gasteiger partial charge on any atom is 0.265 e. The summed E-state index contributed by atoms with van der Waals surface area (Å²) in [6, 6.07) is 17.3. The lowest BCUT2D eigenvalue weighted by Gasteiger charge is -2.55. The summed E-state index contributed by atoms with van der Waals surface area (Å²) in [4.78, 5) is 34.5. The van der Waals surface area contributed by atoms with Gasteiger partial charge < -0.3 is 15.6 Å². The molecule has 2 amide bonds. The molecule has 7 heteroatoms. The second-order valence-electron chi connectivity index (χ2n) is 11.0. The number of anilines is 2. The summed E-state index contributed by atoms with van der Waals surface area (Å²) in [5, 5.41) is 8.06. The molecule has 0 unspecified atom stereocenters. The number of carbonyl (C=O) groups excluding carboxylic acids is 2. The Labute approximate surface area is 213 Å². The first kappa shape index (κ1) is 21.8. The predicted octanol–water partition coefficient (Wildman–Crippen LogP) is 6.70. The third-order valence-electron chi connectivity index (χ3n) is 8.42. The summed E-state index contributed by atoms with van der Waals surface area (Å²) >= 11 is 1.42. The molecule has 2 aromatic carbocycles. The first-order valence-electron chi connectivity index (χ1n) is 12.8. The maximum absolute atomic E-state index is 13.4. The molecule has 0 radical (unpaired) electrons. The molecule has 2 aromatic heterocycles. The lowest BCUT2D eigenvalue weighted by Crippen LogP contribution is -2.51. The highest BCUT2D eigenvalue weighted by molar-refractivity contribution is 7.12. The van der Waals surface area contributed by atoms with E-state index in [0.717, 1.165) is 70.8 Å². The van der Waals surface area contributed by atoms with Gasteiger partial charge in [0.05, 0.1) is 21.3 Å². The van der Waals surface area contributed by atoms with Crippen LogP contribution in [0.3, 0.4) is 0 Å². The second-order valence-corrected chi connectivity index (χ2v) is 11.9. The molecule has 4 aliphatic rings. The number of H-pyrrole nitrogens is 1. The number of amides is 2. The molecule has 3 N–H and O–H groups in total. The molecule has 36 heavy (non-hydrogen) atoms. The van der Waals surface area contributed by atoms with Gasteiger partial charge in [-0.1, -0.05) is 6.07 Å². The summed E-state index contributed by atoms with van der Waals surface area (Å²) < 4.78 is 0. The first-order valence-corrected chi connectivity index (χ1v) is 13.7. The number of benzene rings is 2. The van der Waals surface area contributed by atoms with Gasteiger partial charge in [0.2, 0.25) is 5.91 Å². The van der Waals surface area contributed by atoms with Gasteiger partial charge >= 0.3 is 0 Å². The van der Waals surface area contributed by atoms with Gasteiger partial charge in [-0.2, -0.15) is 0 Å². The van der Waals surface area contributed by atoms with Crippen molar-refractivity contribution in [2.75, 3.05) is 10.6 Å². The van der Waals surface area contributed by atoms with E-state index in [1.165, 1.54) is 30.6 Å². The molecule has 0 saturated heterocycles. The Balaban J connectivity index is 1.06. The van der Waals surface area contributed by atoms with Crippen LogP contribution >= 0.6 is 11.3 Å². The summed E-state index contributed by atoms with van der Waals surface area (Å²) in [6.07, 6.45) is 7.21. The minimum atomic E-state index is -0.150. The van der Waals surface area contributed by atoms with Crippen molar-refractivity contribution >= 4 is 45.6 Å². The smallest absolute Gasteiger partial charge is 0.265 e. The number of thiophene rings is 1.